The number of hydrogen-bond acceptors (Lipinski definition) is 5. The molecule has 116 valence electrons. The summed E-state index contributed by atoms with van der Waals surface area (Å²) in [6, 6.07) is 4.24. The van der Waals surface area contributed by atoms with E-state index in [1.807, 2.05) is 12.1 Å². The molecular weight excluding hydrogens is 284 g/mol. The van der Waals surface area contributed by atoms with E-state index < -0.39 is 0 Å². The van der Waals surface area contributed by atoms with Crippen LogP contribution in [-0.2, 0) is 0 Å². The predicted octanol–water partition coefficient (Wildman–Crippen LogP) is 1.67. The van der Waals surface area contributed by atoms with Gasteiger partial charge in [-0.2, -0.15) is 0 Å². The molecule has 1 saturated heterocycles. The van der Waals surface area contributed by atoms with Gasteiger partial charge in [0.1, 0.15) is 0 Å². The minimum absolute atomic E-state index is 0.235. The molecule has 1 aliphatic rings. The van der Waals surface area contributed by atoms with Gasteiger partial charge in [-0.15, -0.1) is 0 Å². The second kappa shape index (κ2) is 7.56. The van der Waals surface area contributed by atoms with Gasteiger partial charge in [-0.3, -0.25) is 4.90 Å². The lowest BCUT2D eigenvalue weighted by molar-refractivity contribution is 0.219. The molecule has 1 unspecified atom stereocenters. The maximum absolute atomic E-state index is 5.89. The van der Waals surface area contributed by atoms with E-state index >= 15 is 0 Å². The van der Waals surface area contributed by atoms with E-state index in [1.54, 1.807) is 13.3 Å². The third kappa shape index (κ3) is 4.04. The molecule has 1 aromatic heterocycles. The van der Waals surface area contributed by atoms with Crippen LogP contribution in [0.5, 0.6) is 5.88 Å². The Morgan fingerprint density at radius 1 is 1.43 bits per heavy atom. The van der Waals surface area contributed by atoms with Crippen molar-refractivity contribution in [3.8, 4) is 5.88 Å². The fourth-order valence-corrected chi connectivity index (χ4v) is 3.04. The maximum atomic E-state index is 5.89. The number of aromatic nitrogens is 1. The molecule has 2 N–H and O–H groups in total. The second-order valence-electron chi connectivity index (χ2n) is 5.29. The largest absolute Gasteiger partial charge is 0.481 e. The molecule has 0 amide bonds. The number of thiocarbonyl (C=S) groups is 1. The molecule has 2 heterocycles. The predicted molar refractivity (Wildman–Crippen MR) is 90.1 cm³/mol. The number of hydrogen-bond donors (Lipinski definition) is 1. The van der Waals surface area contributed by atoms with Crippen molar-refractivity contribution in [2.75, 3.05) is 38.2 Å². The zero-order valence-electron chi connectivity index (χ0n) is 12.8. The number of rotatable bonds is 6. The fraction of sp³-hybridized carbons (Fsp3) is 0.600. The molecule has 0 aliphatic carbocycles. The summed E-state index contributed by atoms with van der Waals surface area (Å²) in [4.78, 5) is 9.53. The highest BCUT2D eigenvalue weighted by Crippen LogP contribution is 2.21. The van der Waals surface area contributed by atoms with Crippen LogP contribution in [0.1, 0.15) is 19.8 Å². The van der Waals surface area contributed by atoms with Gasteiger partial charge < -0.3 is 15.4 Å². The molecule has 6 heteroatoms. The molecule has 5 nitrogen and oxygen atoms in total. The number of anilines is 1. The summed E-state index contributed by atoms with van der Waals surface area (Å²) in [6.45, 7) is 6.07. The summed E-state index contributed by atoms with van der Waals surface area (Å²) in [7, 11) is 1.64. The van der Waals surface area contributed by atoms with Crippen LogP contribution < -0.4 is 15.4 Å². The van der Waals surface area contributed by atoms with Crippen molar-refractivity contribution in [3.05, 3.63) is 18.3 Å². The van der Waals surface area contributed by atoms with E-state index in [9.17, 15) is 0 Å². The van der Waals surface area contributed by atoms with Crippen molar-refractivity contribution in [2.45, 2.75) is 25.8 Å². The van der Waals surface area contributed by atoms with Crippen molar-refractivity contribution in [2.24, 2.45) is 5.73 Å². The monoisotopic (exact) mass is 308 g/mol. The lowest BCUT2D eigenvalue weighted by Gasteiger charge is -2.39. The summed E-state index contributed by atoms with van der Waals surface area (Å²) in [5.41, 5.74) is 7.04. The van der Waals surface area contributed by atoms with E-state index in [2.05, 4.69) is 21.7 Å². The first-order valence-corrected chi connectivity index (χ1v) is 7.85. The van der Waals surface area contributed by atoms with E-state index in [4.69, 9.17) is 22.7 Å². The Morgan fingerprint density at radius 2 is 2.14 bits per heavy atom. The first-order valence-electron chi connectivity index (χ1n) is 7.44. The molecule has 2 rings (SSSR count). The Morgan fingerprint density at radius 3 is 2.71 bits per heavy atom. The van der Waals surface area contributed by atoms with E-state index in [0.29, 0.717) is 10.9 Å². The van der Waals surface area contributed by atoms with Crippen LogP contribution in [0.25, 0.3) is 0 Å². The third-order valence-corrected chi connectivity index (χ3v) is 4.21. The van der Waals surface area contributed by atoms with Gasteiger partial charge in [0.2, 0.25) is 5.88 Å². The molecule has 0 saturated carbocycles. The number of piperazine rings is 1. The van der Waals surface area contributed by atoms with Crippen LogP contribution in [0.2, 0.25) is 0 Å². The first-order chi connectivity index (χ1) is 10.2. The molecule has 0 bridgehead atoms. The topological polar surface area (TPSA) is 54.6 Å². The number of nitrogens with two attached hydrogens (primary N) is 1. The van der Waals surface area contributed by atoms with Crippen molar-refractivity contribution in [1.82, 2.24) is 9.88 Å². The van der Waals surface area contributed by atoms with Gasteiger partial charge >= 0.3 is 0 Å². The summed E-state index contributed by atoms with van der Waals surface area (Å²) in [6.07, 6.45) is 3.93. The number of methoxy groups -OCH3 is 1. The standard InChI is InChI=1S/C15H24N4OS/c1-3-4-13(15(16)21)19-9-7-18(8-10-19)12-5-6-17-14(11-12)20-2/h5-6,11,13H,3-4,7-10H2,1-2H3,(H2,16,21). The average Bonchev–Trinajstić information content (AvgIpc) is 2.52. The van der Waals surface area contributed by atoms with Crippen LogP contribution in [0.3, 0.4) is 0 Å². The van der Waals surface area contributed by atoms with Gasteiger partial charge in [0.15, 0.2) is 0 Å². The molecule has 0 spiro atoms. The molecule has 0 aromatic carbocycles. The molecule has 21 heavy (non-hydrogen) atoms. The van der Waals surface area contributed by atoms with Gasteiger partial charge in [0.25, 0.3) is 0 Å². The highest BCUT2D eigenvalue weighted by molar-refractivity contribution is 7.80. The van der Waals surface area contributed by atoms with Crippen LogP contribution in [0.15, 0.2) is 18.3 Å². The average molecular weight is 308 g/mol. The molecule has 1 aromatic rings. The molecule has 1 aliphatic heterocycles. The second-order valence-corrected chi connectivity index (χ2v) is 5.76. The zero-order chi connectivity index (χ0) is 15.2. The number of ether oxygens (including phenoxy) is 1. The minimum Gasteiger partial charge on any atom is -0.481 e. The normalized spacial score (nSPS) is 17.5. The van der Waals surface area contributed by atoms with E-state index in [-0.39, 0.29) is 6.04 Å². The Hall–Kier alpha value is -1.40. The van der Waals surface area contributed by atoms with Gasteiger partial charge in [0.05, 0.1) is 18.1 Å². The smallest absolute Gasteiger partial charge is 0.214 e. The fourth-order valence-electron chi connectivity index (χ4n) is 2.78. The van der Waals surface area contributed by atoms with E-state index in [1.165, 1.54) is 0 Å². The van der Waals surface area contributed by atoms with Crippen molar-refractivity contribution in [1.29, 1.82) is 0 Å². The Kier molecular flexibility index (Phi) is 5.76. The van der Waals surface area contributed by atoms with Gasteiger partial charge in [0, 0.05) is 44.1 Å². The lowest BCUT2D eigenvalue weighted by atomic mass is 10.1. The van der Waals surface area contributed by atoms with Crippen molar-refractivity contribution in [3.63, 3.8) is 0 Å². The first kappa shape index (κ1) is 16.0. The van der Waals surface area contributed by atoms with Crippen molar-refractivity contribution >= 4 is 22.9 Å². The quantitative estimate of drug-likeness (QED) is 0.807. The van der Waals surface area contributed by atoms with Gasteiger partial charge in [-0.1, -0.05) is 25.6 Å². The van der Waals surface area contributed by atoms with Gasteiger partial charge in [-0.25, -0.2) is 4.98 Å². The van der Waals surface area contributed by atoms with Crippen LogP contribution >= 0.6 is 12.2 Å². The summed E-state index contributed by atoms with van der Waals surface area (Å²) >= 11 is 5.22. The Balaban J connectivity index is 1.97. The zero-order valence-corrected chi connectivity index (χ0v) is 13.6. The Labute approximate surface area is 132 Å². The highest BCUT2D eigenvalue weighted by atomic mass is 32.1. The molecule has 1 fully saturated rings. The number of pyridine rings is 1. The van der Waals surface area contributed by atoms with Crippen LogP contribution in [0, 0.1) is 0 Å². The van der Waals surface area contributed by atoms with Crippen LogP contribution in [0.4, 0.5) is 5.69 Å². The minimum atomic E-state index is 0.235. The van der Waals surface area contributed by atoms with Crippen LogP contribution in [-0.4, -0.2) is 54.2 Å². The summed E-state index contributed by atoms with van der Waals surface area (Å²) in [5, 5.41) is 0. The lowest BCUT2D eigenvalue weighted by Crippen LogP contribution is -2.53. The van der Waals surface area contributed by atoms with Gasteiger partial charge in [-0.05, 0) is 12.5 Å². The van der Waals surface area contributed by atoms with Crippen molar-refractivity contribution < 1.29 is 4.74 Å². The molecule has 0 radical (unpaired) electrons. The summed E-state index contributed by atoms with van der Waals surface area (Å²) in [5.74, 6) is 0.655. The van der Waals surface area contributed by atoms with E-state index in [0.717, 1.165) is 44.7 Å². The Bertz CT molecular complexity index is 474. The highest BCUT2D eigenvalue weighted by Gasteiger charge is 2.25. The third-order valence-electron chi connectivity index (χ3n) is 3.94. The maximum Gasteiger partial charge on any atom is 0.214 e. The molecule has 1 atom stereocenters. The number of nitrogens with zero attached hydrogens (tertiary/aromatic N) is 3. The molecular formula is C15H24N4OS. The summed E-state index contributed by atoms with van der Waals surface area (Å²) < 4.78 is 5.19. The SMILES string of the molecule is CCCC(C(N)=S)N1CCN(c2ccnc(OC)c2)CC1.